The van der Waals surface area contributed by atoms with Crippen LogP contribution in [0.25, 0.3) is 22.0 Å². The normalized spacial score (nSPS) is 11.3. The number of nitrogens with zero attached hydrogens (tertiary/aromatic N) is 3. The van der Waals surface area contributed by atoms with Gasteiger partial charge in [-0.1, -0.05) is 41.9 Å². The molecule has 5 nitrogen and oxygen atoms in total. The van der Waals surface area contributed by atoms with Crippen LogP contribution in [-0.2, 0) is 6.54 Å². The van der Waals surface area contributed by atoms with Crippen LogP contribution < -0.4 is 5.63 Å². The maximum atomic E-state index is 12.0. The summed E-state index contributed by atoms with van der Waals surface area (Å²) in [6.45, 7) is 0.483. The predicted octanol–water partition coefficient (Wildman–Crippen LogP) is 3.24. The van der Waals surface area contributed by atoms with Crippen LogP contribution in [0.1, 0.15) is 5.56 Å². The van der Waals surface area contributed by atoms with Gasteiger partial charge in [-0.15, -0.1) is 5.10 Å². The van der Waals surface area contributed by atoms with E-state index in [1.807, 2.05) is 30.3 Å². The highest BCUT2D eigenvalue weighted by molar-refractivity contribution is 6.31. The SMILES string of the molecule is O=c1oc2ccc(Cl)cc2c2nn(Cc3ccccc3)nc12. The van der Waals surface area contributed by atoms with Crippen LogP contribution in [0, 0.1) is 0 Å². The largest absolute Gasteiger partial charge is 0.421 e. The fourth-order valence-corrected chi connectivity index (χ4v) is 2.58. The summed E-state index contributed by atoms with van der Waals surface area (Å²) in [5.74, 6) is 0. The van der Waals surface area contributed by atoms with Gasteiger partial charge in [0, 0.05) is 10.4 Å². The molecule has 0 saturated carbocycles. The van der Waals surface area contributed by atoms with Crippen molar-refractivity contribution in [2.24, 2.45) is 0 Å². The molecule has 0 aliphatic rings. The van der Waals surface area contributed by atoms with Crippen molar-refractivity contribution in [3.05, 3.63) is 69.5 Å². The Balaban J connectivity index is 1.93. The van der Waals surface area contributed by atoms with E-state index in [2.05, 4.69) is 10.2 Å². The summed E-state index contributed by atoms with van der Waals surface area (Å²) in [7, 11) is 0. The minimum Gasteiger partial charge on any atom is -0.421 e. The highest BCUT2D eigenvalue weighted by Gasteiger charge is 2.14. The number of hydrogen-bond donors (Lipinski definition) is 0. The molecule has 0 aliphatic carbocycles. The van der Waals surface area contributed by atoms with Crippen LogP contribution in [0.4, 0.5) is 0 Å². The zero-order valence-corrected chi connectivity index (χ0v) is 12.1. The van der Waals surface area contributed by atoms with E-state index in [9.17, 15) is 4.79 Å². The van der Waals surface area contributed by atoms with Gasteiger partial charge in [-0.2, -0.15) is 9.90 Å². The van der Waals surface area contributed by atoms with Gasteiger partial charge in [0.2, 0.25) is 0 Å². The molecule has 0 aliphatic heterocycles. The minimum atomic E-state index is -0.496. The number of halogens is 1. The van der Waals surface area contributed by atoms with Crippen LogP contribution in [0.3, 0.4) is 0 Å². The van der Waals surface area contributed by atoms with E-state index in [1.165, 1.54) is 4.80 Å². The zero-order chi connectivity index (χ0) is 15.1. The van der Waals surface area contributed by atoms with Gasteiger partial charge in [0.25, 0.3) is 0 Å². The molecule has 0 atom stereocenters. The highest BCUT2D eigenvalue weighted by atomic mass is 35.5. The van der Waals surface area contributed by atoms with Crippen molar-refractivity contribution in [2.45, 2.75) is 6.54 Å². The van der Waals surface area contributed by atoms with E-state index in [0.717, 1.165) is 5.56 Å². The van der Waals surface area contributed by atoms with Crippen molar-refractivity contribution >= 4 is 33.6 Å². The van der Waals surface area contributed by atoms with Crippen molar-refractivity contribution in [3.8, 4) is 0 Å². The second-order valence-corrected chi connectivity index (χ2v) is 5.38. The minimum absolute atomic E-state index is 0.214. The fourth-order valence-electron chi connectivity index (χ4n) is 2.41. The predicted molar refractivity (Wildman–Crippen MR) is 84.1 cm³/mol. The molecule has 4 aromatic rings. The lowest BCUT2D eigenvalue weighted by Crippen LogP contribution is -2.04. The maximum Gasteiger partial charge on any atom is 0.366 e. The molecule has 0 radical (unpaired) electrons. The average molecular weight is 312 g/mol. The first-order chi connectivity index (χ1) is 10.7. The van der Waals surface area contributed by atoms with Gasteiger partial charge in [0.05, 0.1) is 6.54 Å². The van der Waals surface area contributed by atoms with Crippen LogP contribution in [0.5, 0.6) is 0 Å². The Kier molecular flexibility index (Phi) is 2.94. The summed E-state index contributed by atoms with van der Waals surface area (Å²) in [6, 6.07) is 14.9. The lowest BCUT2D eigenvalue weighted by atomic mass is 10.2. The third-order valence-corrected chi connectivity index (χ3v) is 3.65. The van der Waals surface area contributed by atoms with E-state index in [-0.39, 0.29) is 5.52 Å². The fraction of sp³-hybridized carbons (Fsp3) is 0.0625. The van der Waals surface area contributed by atoms with E-state index in [0.29, 0.717) is 28.1 Å². The standard InChI is InChI=1S/C16H10ClN3O2/c17-11-6-7-13-12(8-11)14-15(16(21)22-13)19-20(18-14)9-10-4-2-1-3-5-10/h1-8H,9H2. The van der Waals surface area contributed by atoms with Gasteiger partial charge < -0.3 is 4.42 Å². The molecule has 0 bridgehead atoms. The van der Waals surface area contributed by atoms with Crippen molar-refractivity contribution in [1.29, 1.82) is 0 Å². The maximum absolute atomic E-state index is 12.0. The average Bonchev–Trinajstić information content (AvgIpc) is 2.94. The molecule has 22 heavy (non-hydrogen) atoms. The van der Waals surface area contributed by atoms with E-state index < -0.39 is 5.63 Å². The van der Waals surface area contributed by atoms with Crippen LogP contribution >= 0.6 is 11.6 Å². The molecule has 2 aromatic heterocycles. The van der Waals surface area contributed by atoms with E-state index in [1.54, 1.807) is 18.2 Å². The van der Waals surface area contributed by atoms with Crippen LogP contribution in [-0.4, -0.2) is 15.0 Å². The van der Waals surface area contributed by atoms with Crippen molar-refractivity contribution < 1.29 is 4.42 Å². The van der Waals surface area contributed by atoms with Gasteiger partial charge in [-0.05, 0) is 23.8 Å². The molecule has 0 amide bonds. The Hall–Kier alpha value is -2.66. The Morgan fingerprint density at radius 1 is 1.05 bits per heavy atom. The Labute approximate surface area is 129 Å². The first-order valence-electron chi connectivity index (χ1n) is 6.72. The first kappa shape index (κ1) is 13.0. The summed E-state index contributed by atoms with van der Waals surface area (Å²) >= 11 is 6.02. The molecule has 0 spiro atoms. The zero-order valence-electron chi connectivity index (χ0n) is 11.4. The lowest BCUT2D eigenvalue weighted by Gasteiger charge is -1.98. The van der Waals surface area contributed by atoms with Crippen LogP contribution in [0.15, 0.2) is 57.7 Å². The number of aromatic nitrogens is 3. The van der Waals surface area contributed by atoms with Gasteiger partial charge >= 0.3 is 5.63 Å². The number of hydrogen-bond acceptors (Lipinski definition) is 4. The summed E-state index contributed by atoms with van der Waals surface area (Å²) in [4.78, 5) is 13.5. The third kappa shape index (κ3) is 2.16. The van der Waals surface area contributed by atoms with Crippen molar-refractivity contribution in [1.82, 2.24) is 15.0 Å². The topological polar surface area (TPSA) is 60.9 Å². The smallest absolute Gasteiger partial charge is 0.366 e. The van der Waals surface area contributed by atoms with Crippen molar-refractivity contribution in [2.75, 3.05) is 0 Å². The quantitative estimate of drug-likeness (QED) is 0.533. The number of benzene rings is 2. The van der Waals surface area contributed by atoms with Gasteiger partial charge in [-0.3, -0.25) is 0 Å². The van der Waals surface area contributed by atoms with Gasteiger partial charge in [0.15, 0.2) is 5.52 Å². The number of fused-ring (bicyclic) bond motifs is 3. The first-order valence-corrected chi connectivity index (χ1v) is 7.10. The molecule has 0 fully saturated rings. The molecular weight excluding hydrogens is 302 g/mol. The summed E-state index contributed by atoms with van der Waals surface area (Å²) in [5, 5.41) is 9.91. The monoisotopic (exact) mass is 311 g/mol. The molecule has 6 heteroatoms. The number of rotatable bonds is 2. The second kappa shape index (κ2) is 4.96. The molecule has 2 aromatic carbocycles. The van der Waals surface area contributed by atoms with Gasteiger partial charge in [-0.25, -0.2) is 4.79 Å². The summed E-state index contributed by atoms with van der Waals surface area (Å²) in [6.07, 6.45) is 0. The van der Waals surface area contributed by atoms with Crippen molar-refractivity contribution in [3.63, 3.8) is 0 Å². The molecular formula is C16H10ClN3O2. The highest BCUT2D eigenvalue weighted by Crippen LogP contribution is 2.23. The summed E-state index contributed by atoms with van der Waals surface area (Å²) in [5.41, 5.74) is 1.72. The third-order valence-electron chi connectivity index (χ3n) is 3.41. The van der Waals surface area contributed by atoms with E-state index in [4.69, 9.17) is 16.0 Å². The molecule has 2 heterocycles. The molecule has 0 unspecified atom stereocenters. The van der Waals surface area contributed by atoms with E-state index >= 15 is 0 Å². The van der Waals surface area contributed by atoms with Crippen LogP contribution in [0.2, 0.25) is 5.02 Å². The molecule has 4 rings (SSSR count). The Morgan fingerprint density at radius 2 is 1.82 bits per heavy atom. The molecule has 0 N–H and O–H groups in total. The van der Waals surface area contributed by atoms with Gasteiger partial charge in [0.1, 0.15) is 11.1 Å². The Morgan fingerprint density at radius 3 is 2.64 bits per heavy atom. The second-order valence-electron chi connectivity index (χ2n) is 4.94. The summed E-state index contributed by atoms with van der Waals surface area (Å²) < 4.78 is 5.26. The Bertz CT molecular complexity index is 1040. The molecule has 0 saturated heterocycles. The molecule has 108 valence electrons. The lowest BCUT2D eigenvalue weighted by molar-refractivity contribution is 0.562.